The summed E-state index contributed by atoms with van der Waals surface area (Å²) >= 11 is 6.18. The lowest BCUT2D eigenvalue weighted by molar-refractivity contribution is 0.101. The number of hydrogen-bond acceptors (Lipinski definition) is 2. The fraction of sp³-hybridized carbons (Fsp3) is 0.462. The minimum absolute atomic E-state index is 0.0925. The first-order chi connectivity index (χ1) is 7.68. The molecule has 1 aromatic carbocycles. The number of halogens is 1. The maximum Gasteiger partial charge on any atom is 0.159 e. The molecule has 1 saturated heterocycles. The standard InChI is InChI=1S/C13H16ClNO/c1-10(16)11-5-6-12(14)13(9-11)15-7-3-2-4-8-15/h5-6,9H,2-4,7-8H2,1H3. The lowest BCUT2D eigenvalue weighted by Gasteiger charge is -2.29. The average Bonchev–Trinajstić information content (AvgIpc) is 2.30. The first kappa shape index (κ1) is 11.5. The van der Waals surface area contributed by atoms with Crippen LogP contribution >= 0.6 is 11.6 Å². The predicted molar refractivity (Wildman–Crippen MR) is 67.5 cm³/mol. The Labute approximate surface area is 101 Å². The van der Waals surface area contributed by atoms with Crippen molar-refractivity contribution in [1.29, 1.82) is 0 Å². The van der Waals surface area contributed by atoms with Gasteiger partial charge in [0.15, 0.2) is 5.78 Å². The van der Waals surface area contributed by atoms with Gasteiger partial charge in [-0.1, -0.05) is 11.6 Å². The van der Waals surface area contributed by atoms with Crippen molar-refractivity contribution in [1.82, 2.24) is 0 Å². The Balaban J connectivity index is 2.30. The Bertz CT molecular complexity index is 397. The van der Waals surface area contributed by atoms with Crippen molar-refractivity contribution in [2.75, 3.05) is 18.0 Å². The molecule has 1 heterocycles. The second-order valence-corrected chi connectivity index (χ2v) is 4.68. The summed E-state index contributed by atoms with van der Waals surface area (Å²) in [6, 6.07) is 5.52. The van der Waals surface area contributed by atoms with Gasteiger partial charge in [0.05, 0.1) is 10.7 Å². The molecule has 2 rings (SSSR count). The fourth-order valence-electron chi connectivity index (χ4n) is 2.11. The van der Waals surface area contributed by atoms with Crippen LogP contribution in [0.4, 0.5) is 5.69 Å². The van der Waals surface area contributed by atoms with Gasteiger partial charge in [0.25, 0.3) is 0 Å². The van der Waals surface area contributed by atoms with E-state index >= 15 is 0 Å². The number of Topliss-reactive ketones (excluding diaryl/α,β-unsaturated/α-hetero) is 1. The molecule has 0 amide bonds. The number of ketones is 1. The zero-order chi connectivity index (χ0) is 11.5. The molecule has 16 heavy (non-hydrogen) atoms. The molecule has 0 saturated carbocycles. The van der Waals surface area contributed by atoms with E-state index in [-0.39, 0.29) is 5.78 Å². The van der Waals surface area contributed by atoms with Gasteiger partial charge in [-0.3, -0.25) is 4.79 Å². The summed E-state index contributed by atoms with van der Waals surface area (Å²) in [4.78, 5) is 13.6. The minimum Gasteiger partial charge on any atom is -0.370 e. The summed E-state index contributed by atoms with van der Waals surface area (Å²) in [5.74, 6) is 0.0925. The number of carbonyl (C=O) groups is 1. The number of nitrogens with zero attached hydrogens (tertiary/aromatic N) is 1. The van der Waals surface area contributed by atoms with Gasteiger partial charge < -0.3 is 4.90 Å². The second kappa shape index (κ2) is 4.88. The van der Waals surface area contributed by atoms with Gasteiger partial charge in [-0.2, -0.15) is 0 Å². The maximum atomic E-state index is 11.3. The largest absolute Gasteiger partial charge is 0.370 e. The molecule has 0 bridgehead atoms. The number of anilines is 1. The van der Waals surface area contributed by atoms with Gasteiger partial charge in [0.1, 0.15) is 0 Å². The van der Waals surface area contributed by atoms with Crippen molar-refractivity contribution in [2.24, 2.45) is 0 Å². The van der Waals surface area contributed by atoms with Crippen LogP contribution in [0.15, 0.2) is 18.2 Å². The van der Waals surface area contributed by atoms with E-state index in [0.29, 0.717) is 0 Å². The molecule has 0 N–H and O–H groups in total. The molecule has 86 valence electrons. The van der Waals surface area contributed by atoms with E-state index in [4.69, 9.17) is 11.6 Å². The third-order valence-corrected chi connectivity index (χ3v) is 3.37. The summed E-state index contributed by atoms with van der Waals surface area (Å²) in [6.45, 7) is 3.67. The lowest BCUT2D eigenvalue weighted by Crippen LogP contribution is -2.29. The molecule has 1 aliphatic rings. The molecule has 0 atom stereocenters. The maximum absolute atomic E-state index is 11.3. The number of carbonyl (C=O) groups excluding carboxylic acids is 1. The molecule has 1 aliphatic heterocycles. The minimum atomic E-state index is 0.0925. The van der Waals surface area contributed by atoms with E-state index in [1.165, 1.54) is 19.3 Å². The Kier molecular flexibility index (Phi) is 3.49. The Morgan fingerprint density at radius 1 is 1.25 bits per heavy atom. The zero-order valence-electron chi connectivity index (χ0n) is 9.50. The van der Waals surface area contributed by atoms with E-state index in [1.54, 1.807) is 13.0 Å². The van der Waals surface area contributed by atoms with E-state index in [0.717, 1.165) is 29.4 Å². The summed E-state index contributed by atoms with van der Waals surface area (Å²) in [5, 5.41) is 0.743. The van der Waals surface area contributed by atoms with Crippen LogP contribution in [0.5, 0.6) is 0 Å². The van der Waals surface area contributed by atoms with Gasteiger partial charge in [-0.15, -0.1) is 0 Å². The normalized spacial score (nSPS) is 16.2. The number of benzene rings is 1. The molecule has 3 heteroatoms. The van der Waals surface area contributed by atoms with Crippen molar-refractivity contribution in [3.8, 4) is 0 Å². The molecule has 1 aromatic rings. The highest BCUT2D eigenvalue weighted by atomic mass is 35.5. The lowest BCUT2D eigenvalue weighted by atomic mass is 10.1. The average molecular weight is 238 g/mol. The summed E-state index contributed by atoms with van der Waals surface area (Å²) < 4.78 is 0. The van der Waals surface area contributed by atoms with Crippen LogP contribution in [0.3, 0.4) is 0 Å². The number of hydrogen-bond donors (Lipinski definition) is 0. The zero-order valence-corrected chi connectivity index (χ0v) is 10.3. The van der Waals surface area contributed by atoms with E-state index in [1.807, 2.05) is 12.1 Å². The molecule has 1 fully saturated rings. The molecule has 0 aromatic heterocycles. The highest BCUT2D eigenvalue weighted by Gasteiger charge is 2.15. The van der Waals surface area contributed by atoms with Crippen LogP contribution in [0.1, 0.15) is 36.5 Å². The number of rotatable bonds is 2. The van der Waals surface area contributed by atoms with Crippen molar-refractivity contribution in [3.05, 3.63) is 28.8 Å². The van der Waals surface area contributed by atoms with Gasteiger partial charge in [-0.05, 0) is 44.4 Å². The quantitative estimate of drug-likeness (QED) is 0.734. The first-order valence-corrected chi connectivity index (χ1v) is 6.12. The van der Waals surface area contributed by atoms with Crippen molar-refractivity contribution in [3.63, 3.8) is 0 Å². The predicted octanol–water partition coefficient (Wildman–Crippen LogP) is 3.53. The summed E-state index contributed by atoms with van der Waals surface area (Å²) in [7, 11) is 0. The van der Waals surface area contributed by atoms with Crippen LogP contribution in [-0.4, -0.2) is 18.9 Å². The van der Waals surface area contributed by atoms with Gasteiger partial charge in [0.2, 0.25) is 0 Å². The highest BCUT2D eigenvalue weighted by Crippen LogP contribution is 2.29. The monoisotopic (exact) mass is 237 g/mol. The van der Waals surface area contributed by atoms with E-state index in [2.05, 4.69) is 4.90 Å². The highest BCUT2D eigenvalue weighted by molar-refractivity contribution is 6.33. The third-order valence-electron chi connectivity index (χ3n) is 3.05. The van der Waals surface area contributed by atoms with Crippen molar-refractivity contribution >= 4 is 23.1 Å². The van der Waals surface area contributed by atoms with Gasteiger partial charge in [0, 0.05) is 18.7 Å². The molecule has 0 aliphatic carbocycles. The van der Waals surface area contributed by atoms with Crippen molar-refractivity contribution in [2.45, 2.75) is 26.2 Å². The first-order valence-electron chi connectivity index (χ1n) is 5.74. The summed E-state index contributed by atoms with van der Waals surface area (Å²) in [5.41, 5.74) is 1.75. The molecule has 2 nitrogen and oxygen atoms in total. The van der Waals surface area contributed by atoms with Crippen LogP contribution < -0.4 is 4.90 Å². The van der Waals surface area contributed by atoms with Crippen LogP contribution in [0, 0.1) is 0 Å². The Hall–Kier alpha value is -1.02. The molecule has 0 radical (unpaired) electrons. The van der Waals surface area contributed by atoms with Crippen LogP contribution in [0.25, 0.3) is 0 Å². The topological polar surface area (TPSA) is 20.3 Å². The van der Waals surface area contributed by atoms with Gasteiger partial charge in [-0.25, -0.2) is 0 Å². The van der Waals surface area contributed by atoms with Crippen LogP contribution in [-0.2, 0) is 0 Å². The Morgan fingerprint density at radius 2 is 1.94 bits per heavy atom. The third kappa shape index (κ3) is 2.38. The SMILES string of the molecule is CC(=O)c1ccc(Cl)c(N2CCCCC2)c1. The summed E-state index contributed by atoms with van der Waals surface area (Å²) in [6.07, 6.45) is 3.71. The molecule has 0 spiro atoms. The van der Waals surface area contributed by atoms with Gasteiger partial charge >= 0.3 is 0 Å². The van der Waals surface area contributed by atoms with Crippen LogP contribution in [0.2, 0.25) is 5.02 Å². The van der Waals surface area contributed by atoms with E-state index in [9.17, 15) is 4.79 Å². The molecular formula is C13H16ClNO. The van der Waals surface area contributed by atoms with E-state index < -0.39 is 0 Å². The number of piperidine rings is 1. The molecule has 0 unspecified atom stereocenters. The van der Waals surface area contributed by atoms with Crippen molar-refractivity contribution < 1.29 is 4.79 Å². The second-order valence-electron chi connectivity index (χ2n) is 4.27. The molecular weight excluding hydrogens is 222 g/mol. The Morgan fingerprint density at radius 3 is 2.56 bits per heavy atom. The smallest absolute Gasteiger partial charge is 0.159 e. The fourth-order valence-corrected chi connectivity index (χ4v) is 2.35.